The van der Waals surface area contributed by atoms with Crippen LogP contribution in [-0.2, 0) is 28.8 Å². The van der Waals surface area contributed by atoms with Gasteiger partial charge in [0.25, 0.3) is 0 Å². The maximum atomic E-state index is 9.86. The molecule has 3 atom stereocenters. The third-order valence-corrected chi connectivity index (χ3v) is 2.89. The summed E-state index contributed by atoms with van der Waals surface area (Å²) in [5, 5.41) is 58.8. The molecule has 6 N–H and O–H groups in total. The minimum Gasteiger partial charge on any atom is -0.550 e. The Morgan fingerprint density at radius 2 is 0.625 bits per heavy atom. The molecule has 0 aliphatic heterocycles. The number of rotatable bonds is 12. The second kappa shape index (κ2) is 23.6. The molecule has 0 aromatic heterocycles. The molecule has 0 bridgehead atoms. The molecule has 0 saturated carbocycles. The number of carboxylic acid groups (broad SMARTS) is 6. The molecule has 0 amide bonds. The summed E-state index contributed by atoms with van der Waals surface area (Å²) >= 11 is 0. The molecule has 32 heavy (non-hydrogen) atoms. The number of carboxylic acids is 6. The van der Waals surface area contributed by atoms with E-state index in [1.54, 1.807) is 0 Å². The molecule has 0 unspecified atom stereocenters. The van der Waals surface area contributed by atoms with Gasteiger partial charge in [0.15, 0.2) is 0 Å². The van der Waals surface area contributed by atoms with E-state index in [0.29, 0.717) is 0 Å². The van der Waals surface area contributed by atoms with E-state index in [4.69, 9.17) is 17.2 Å². The molecule has 0 spiro atoms. The Labute approximate surface area is 208 Å². The summed E-state index contributed by atoms with van der Waals surface area (Å²) in [6.07, 6.45) is -1.50. The summed E-state index contributed by atoms with van der Waals surface area (Å²) in [6, 6.07) is -3.63. The molecule has 0 aliphatic rings. The van der Waals surface area contributed by atoms with Crippen LogP contribution in [0.1, 0.15) is 38.5 Å². The van der Waals surface area contributed by atoms with Gasteiger partial charge in [0.2, 0.25) is 0 Å². The van der Waals surface area contributed by atoms with Crippen LogP contribution < -0.4 is 47.8 Å². The first-order chi connectivity index (χ1) is 13.6. The zero-order valence-corrected chi connectivity index (χ0v) is 21.6. The van der Waals surface area contributed by atoms with Crippen LogP contribution in [0.15, 0.2) is 0 Å². The SMILES string of the molecule is N[C@@H](CCC(=O)[O-])C(=O)[O-].N[C@@H](CCC(=O)[O-])C(=O)[O-].N[C@@H](CCC(=O)[O-])C(=O)[O-].[Ga+3].[Ga+3]. The van der Waals surface area contributed by atoms with Crippen LogP contribution in [0.2, 0.25) is 0 Å². The number of hydrogen-bond acceptors (Lipinski definition) is 15. The van der Waals surface area contributed by atoms with Crippen LogP contribution in [-0.4, -0.2) is 93.5 Å². The number of aliphatic carboxylic acids is 6. The molecular weight excluding hydrogens is 554 g/mol. The largest absolute Gasteiger partial charge is 3.00 e. The maximum Gasteiger partial charge on any atom is 3.00 e. The van der Waals surface area contributed by atoms with E-state index in [-0.39, 0.29) is 78.1 Å². The van der Waals surface area contributed by atoms with Gasteiger partial charge in [-0.2, -0.15) is 0 Å². The predicted molar refractivity (Wildman–Crippen MR) is 93.2 cm³/mol. The third-order valence-electron chi connectivity index (χ3n) is 2.89. The van der Waals surface area contributed by atoms with Crippen LogP contribution in [0.4, 0.5) is 0 Å². The van der Waals surface area contributed by atoms with Crippen LogP contribution in [0, 0.1) is 0 Å². The standard InChI is InChI=1S/3C5H9NO4.2Ga/c3*6-3(5(9)10)1-2-4(7)8;;/h3*3H,1-2,6H2,(H,7,8)(H,9,10);;/q;;;2*+3/p-6/t3*3-;;/m000../s1. The minimum atomic E-state index is -1.44. The normalized spacial score (nSPS) is 11.7. The fraction of sp³-hybridized carbons (Fsp3) is 0.600. The van der Waals surface area contributed by atoms with E-state index in [1.165, 1.54) is 0 Å². The molecule has 0 rings (SSSR count). The van der Waals surface area contributed by atoms with Crippen molar-refractivity contribution in [3.8, 4) is 0 Å². The molecule has 0 aromatic rings. The van der Waals surface area contributed by atoms with Crippen LogP contribution in [0.5, 0.6) is 0 Å². The Hall–Kier alpha value is -2.03. The zero-order chi connectivity index (χ0) is 24.4. The van der Waals surface area contributed by atoms with Crippen molar-refractivity contribution in [2.24, 2.45) is 17.2 Å². The van der Waals surface area contributed by atoms with Crippen molar-refractivity contribution in [3.63, 3.8) is 0 Å². The van der Waals surface area contributed by atoms with Crippen molar-refractivity contribution in [2.45, 2.75) is 56.7 Å². The van der Waals surface area contributed by atoms with E-state index < -0.39 is 53.9 Å². The van der Waals surface area contributed by atoms with Gasteiger partial charge in [-0.05, 0) is 38.5 Å². The Morgan fingerprint density at radius 3 is 0.719 bits per heavy atom. The van der Waals surface area contributed by atoms with Crippen LogP contribution >= 0.6 is 0 Å². The molecular formula is C15H21Ga2N3O12. The summed E-state index contributed by atoms with van der Waals surface area (Å²) in [7, 11) is 0. The van der Waals surface area contributed by atoms with Crippen molar-refractivity contribution in [1.82, 2.24) is 0 Å². The average molecular weight is 575 g/mol. The molecule has 0 radical (unpaired) electrons. The summed E-state index contributed by atoms with van der Waals surface area (Å²) in [5.41, 5.74) is 14.7. The van der Waals surface area contributed by atoms with E-state index in [9.17, 15) is 59.4 Å². The molecule has 174 valence electrons. The smallest absolute Gasteiger partial charge is 0.550 e. The van der Waals surface area contributed by atoms with E-state index in [1.807, 2.05) is 0 Å². The summed E-state index contributed by atoms with van der Waals surface area (Å²) in [6.45, 7) is 0. The fourth-order valence-corrected chi connectivity index (χ4v) is 1.17. The van der Waals surface area contributed by atoms with Crippen LogP contribution in [0.3, 0.4) is 0 Å². The van der Waals surface area contributed by atoms with Crippen molar-refractivity contribution in [3.05, 3.63) is 0 Å². The number of carbonyl (C=O) groups is 6. The van der Waals surface area contributed by atoms with E-state index in [0.717, 1.165) is 0 Å². The second-order valence-electron chi connectivity index (χ2n) is 5.51. The van der Waals surface area contributed by atoms with Gasteiger partial charge in [-0.25, -0.2) is 0 Å². The number of carbonyl (C=O) groups excluding carboxylic acids is 6. The van der Waals surface area contributed by atoms with Gasteiger partial charge in [0.05, 0.1) is 17.9 Å². The first kappa shape index (κ1) is 40.3. The van der Waals surface area contributed by atoms with E-state index in [2.05, 4.69) is 0 Å². The molecule has 0 heterocycles. The first-order valence-corrected chi connectivity index (χ1v) is 8.10. The third kappa shape index (κ3) is 32.6. The molecule has 0 aromatic carbocycles. The molecule has 0 aliphatic carbocycles. The Bertz CT molecular complexity index is 525. The average Bonchev–Trinajstić information content (AvgIpc) is 2.62. The van der Waals surface area contributed by atoms with Gasteiger partial charge in [-0.3, -0.25) is 0 Å². The predicted octanol–water partition coefficient (Wildman–Crippen LogP) is -11.0. The van der Waals surface area contributed by atoms with E-state index >= 15 is 0 Å². The second-order valence-corrected chi connectivity index (χ2v) is 5.51. The quantitative estimate of drug-likeness (QED) is 0.182. The van der Waals surface area contributed by atoms with Gasteiger partial charge in [0.1, 0.15) is 0 Å². The van der Waals surface area contributed by atoms with Gasteiger partial charge >= 0.3 is 39.6 Å². The maximum absolute atomic E-state index is 9.86. The van der Waals surface area contributed by atoms with Crippen molar-refractivity contribution in [2.75, 3.05) is 0 Å². The molecule has 0 saturated heterocycles. The number of nitrogens with two attached hydrogens (primary N) is 3. The minimum absolute atomic E-state index is 0. The van der Waals surface area contributed by atoms with Gasteiger partial charge < -0.3 is 76.6 Å². The van der Waals surface area contributed by atoms with Gasteiger partial charge in [-0.15, -0.1) is 0 Å². The Kier molecular flexibility index (Phi) is 29.8. The monoisotopic (exact) mass is 573 g/mol. The summed E-state index contributed by atoms with van der Waals surface area (Å²) < 4.78 is 0. The van der Waals surface area contributed by atoms with Gasteiger partial charge in [-0.1, -0.05) is 0 Å². The topological polar surface area (TPSA) is 319 Å². The number of hydrogen-bond donors (Lipinski definition) is 3. The van der Waals surface area contributed by atoms with Gasteiger partial charge in [0, 0.05) is 36.0 Å². The molecule has 17 heteroatoms. The summed E-state index contributed by atoms with van der Waals surface area (Å²) in [5.74, 6) is -8.26. The van der Waals surface area contributed by atoms with Crippen molar-refractivity contribution < 1.29 is 59.4 Å². The van der Waals surface area contributed by atoms with Crippen molar-refractivity contribution >= 4 is 75.4 Å². The first-order valence-electron chi connectivity index (χ1n) is 8.10. The molecule has 15 nitrogen and oxygen atoms in total. The Balaban J connectivity index is -0.000000110. The Morgan fingerprint density at radius 1 is 0.469 bits per heavy atom. The molecule has 0 fully saturated rings. The summed E-state index contributed by atoms with van der Waals surface area (Å²) in [4.78, 5) is 58.8. The fourth-order valence-electron chi connectivity index (χ4n) is 1.17. The zero-order valence-electron chi connectivity index (χ0n) is 16.8. The van der Waals surface area contributed by atoms with Crippen LogP contribution in [0.25, 0.3) is 0 Å². The van der Waals surface area contributed by atoms with Crippen molar-refractivity contribution in [1.29, 1.82) is 0 Å².